The van der Waals surface area contributed by atoms with Crippen molar-refractivity contribution in [2.75, 3.05) is 5.75 Å². The highest BCUT2D eigenvalue weighted by Gasteiger charge is 2.32. The predicted molar refractivity (Wildman–Crippen MR) is 102 cm³/mol. The van der Waals surface area contributed by atoms with Crippen LogP contribution in [-0.4, -0.2) is 26.3 Å². The molecular weight excluding hydrogens is 342 g/mol. The van der Waals surface area contributed by atoms with Crippen LogP contribution < -0.4 is 0 Å². The predicted octanol–water partition coefficient (Wildman–Crippen LogP) is 3.83. The molecule has 0 N–H and O–H groups in total. The maximum absolute atomic E-state index is 8.97. The Balaban J connectivity index is 1.76. The molecule has 0 radical (unpaired) electrons. The lowest BCUT2D eigenvalue weighted by atomic mass is 9.84. The Morgan fingerprint density at radius 3 is 2.46 bits per heavy atom. The van der Waals surface area contributed by atoms with E-state index in [9.17, 15) is 0 Å². The summed E-state index contributed by atoms with van der Waals surface area (Å²) in [6.07, 6.45) is 0. The van der Waals surface area contributed by atoms with E-state index in [2.05, 4.69) is 42.2 Å². The van der Waals surface area contributed by atoms with Crippen molar-refractivity contribution in [2.45, 2.75) is 24.4 Å². The van der Waals surface area contributed by atoms with Crippen LogP contribution in [0.2, 0.25) is 0 Å². The molecule has 3 aromatic rings. The normalized spacial score (nSPS) is 13.7. The molecule has 26 heavy (non-hydrogen) atoms. The molecule has 1 aromatic heterocycles. The number of aromatic nitrogens is 3. The highest BCUT2D eigenvalue weighted by Crippen LogP contribution is 2.34. The van der Waals surface area contributed by atoms with Crippen LogP contribution in [0.25, 0.3) is 0 Å². The van der Waals surface area contributed by atoms with Gasteiger partial charge in [-0.05, 0) is 37.1 Å². The first-order chi connectivity index (χ1) is 12.6. The van der Waals surface area contributed by atoms with Crippen molar-refractivity contribution in [2.24, 2.45) is 5.10 Å². The van der Waals surface area contributed by atoms with Gasteiger partial charge < -0.3 is 0 Å². The summed E-state index contributed by atoms with van der Waals surface area (Å²) in [5, 5.41) is 23.4. The quantitative estimate of drug-likeness (QED) is 0.713. The van der Waals surface area contributed by atoms with Crippen molar-refractivity contribution in [3.63, 3.8) is 0 Å². The van der Waals surface area contributed by atoms with Crippen LogP contribution in [0.5, 0.6) is 0 Å². The minimum atomic E-state index is -0.316. The van der Waals surface area contributed by atoms with Gasteiger partial charge in [0.1, 0.15) is 0 Å². The number of hydrogen-bond donors (Lipinski definition) is 0. The van der Waals surface area contributed by atoms with E-state index in [1.807, 2.05) is 47.1 Å². The van der Waals surface area contributed by atoms with Crippen LogP contribution in [-0.2, 0) is 5.41 Å². The third kappa shape index (κ3) is 2.80. The lowest BCUT2D eigenvalue weighted by molar-refractivity contribution is 0.545. The van der Waals surface area contributed by atoms with Gasteiger partial charge in [-0.3, -0.25) is 0 Å². The molecule has 0 saturated heterocycles. The molecule has 0 saturated carbocycles. The molecule has 4 rings (SSSR count). The van der Waals surface area contributed by atoms with Gasteiger partial charge in [-0.25, -0.2) is 0 Å². The Labute approximate surface area is 156 Å². The van der Waals surface area contributed by atoms with Gasteiger partial charge in [-0.1, -0.05) is 54.2 Å². The molecule has 1 aliphatic rings. The van der Waals surface area contributed by atoms with Gasteiger partial charge in [-0.15, -0.1) is 10.2 Å². The molecule has 6 heteroatoms. The SMILES string of the molecule is CC(C)(c1ccccc1)c1nnc2n1N=C(c1ccc(C#N)cc1)CS2. The first kappa shape index (κ1) is 16.6. The fourth-order valence-corrected chi connectivity index (χ4v) is 3.82. The molecule has 0 spiro atoms. The maximum Gasteiger partial charge on any atom is 0.212 e. The summed E-state index contributed by atoms with van der Waals surface area (Å²) >= 11 is 1.63. The molecule has 2 heterocycles. The van der Waals surface area contributed by atoms with Gasteiger partial charge in [0.15, 0.2) is 5.82 Å². The highest BCUT2D eigenvalue weighted by atomic mass is 32.2. The summed E-state index contributed by atoms with van der Waals surface area (Å²) in [7, 11) is 0. The maximum atomic E-state index is 8.97. The Bertz CT molecular complexity index is 1010. The van der Waals surface area contributed by atoms with Crippen LogP contribution in [0.15, 0.2) is 64.9 Å². The molecule has 0 amide bonds. The fourth-order valence-electron chi connectivity index (χ4n) is 2.98. The van der Waals surface area contributed by atoms with Gasteiger partial charge in [0.2, 0.25) is 5.16 Å². The van der Waals surface area contributed by atoms with Gasteiger partial charge in [-0.2, -0.15) is 15.0 Å². The Morgan fingerprint density at radius 2 is 1.77 bits per heavy atom. The second-order valence-electron chi connectivity index (χ2n) is 6.63. The second-order valence-corrected chi connectivity index (χ2v) is 7.58. The second kappa shape index (κ2) is 6.43. The van der Waals surface area contributed by atoms with Crippen molar-refractivity contribution in [3.05, 3.63) is 77.1 Å². The van der Waals surface area contributed by atoms with Crippen molar-refractivity contribution >= 4 is 17.5 Å². The molecular formula is C20H17N5S. The van der Waals surface area contributed by atoms with E-state index in [4.69, 9.17) is 10.4 Å². The van der Waals surface area contributed by atoms with Crippen molar-refractivity contribution in [1.82, 2.24) is 14.9 Å². The highest BCUT2D eigenvalue weighted by molar-refractivity contribution is 7.99. The molecule has 5 nitrogen and oxygen atoms in total. The molecule has 2 aromatic carbocycles. The number of rotatable bonds is 3. The number of fused-ring (bicyclic) bond motifs is 1. The molecule has 128 valence electrons. The molecule has 1 aliphatic heterocycles. The lowest BCUT2D eigenvalue weighted by Crippen LogP contribution is -2.25. The number of hydrogen-bond acceptors (Lipinski definition) is 5. The molecule has 0 aliphatic carbocycles. The minimum absolute atomic E-state index is 0.316. The summed E-state index contributed by atoms with van der Waals surface area (Å²) in [6, 6.07) is 19.9. The van der Waals surface area contributed by atoms with E-state index in [1.165, 1.54) is 5.56 Å². The summed E-state index contributed by atoms with van der Waals surface area (Å²) in [6.45, 7) is 4.27. The van der Waals surface area contributed by atoms with Crippen LogP contribution in [0.4, 0.5) is 0 Å². The van der Waals surface area contributed by atoms with E-state index >= 15 is 0 Å². The largest absolute Gasteiger partial charge is 0.212 e. The van der Waals surface area contributed by atoms with Crippen LogP contribution in [0.3, 0.4) is 0 Å². The van der Waals surface area contributed by atoms with Gasteiger partial charge in [0.05, 0.1) is 22.8 Å². The first-order valence-electron chi connectivity index (χ1n) is 8.32. The van der Waals surface area contributed by atoms with Crippen molar-refractivity contribution in [1.29, 1.82) is 5.26 Å². The van der Waals surface area contributed by atoms with Crippen LogP contribution in [0.1, 0.15) is 36.4 Å². The van der Waals surface area contributed by atoms with E-state index in [1.54, 1.807) is 11.8 Å². The van der Waals surface area contributed by atoms with Crippen molar-refractivity contribution in [3.8, 4) is 6.07 Å². The molecule has 0 bridgehead atoms. The Morgan fingerprint density at radius 1 is 1.04 bits per heavy atom. The topological polar surface area (TPSA) is 66.9 Å². The first-order valence-corrected chi connectivity index (χ1v) is 9.31. The molecule has 0 atom stereocenters. The van der Waals surface area contributed by atoms with E-state index in [-0.39, 0.29) is 5.41 Å². The lowest BCUT2D eigenvalue weighted by Gasteiger charge is -2.25. The van der Waals surface area contributed by atoms with Crippen molar-refractivity contribution < 1.29 is 0 Å². The summed E-state index contributed by atoms with van der Waals surface area (Å²) in [5.41, 5.74) is 3.47. The third-order valence-corrected chi connectivity index (χ3v) is 5.50. The zero-order chi connectivity index (χ0) is 18.1. The van der Waals surface area contributed by atoms with Crippen LogP contribution in [0, 0.1) is 11.3 Å². The number of thioether (sulfide) groups is 1. The zero-order valence-electron chi connectivity index (χ0n) is 14.5. The number of nitrogens with zero attached hydrogens (tertiary/aromatic N) is 5. The minimum Gasteiger partial charge on any atom is -0.192 e. The molecule has 0 fully saturated rings. The van der Waals surface area contributed by atoms with Gasteiger partial charge in [0, 0.05) is 5.75 Å². The third-order valence-electron chi connectivity index (χ3n) is 4.57. The van der Waals surface area contributed by atoms with E-state index in [0.717, 1.165) is 28.0 Å². The smallest absolute Gasteiger partial charge is 0.192 e. The number of nitriles is 1. The van der Waals surface area contributed by atoms with Gasteiger partial charge in [0.25, 0.3) is 0 Å². The van der Waals surface area contributed by atoms with Crippen LogP contribution >= 0.6 is 11.8 Å². The Hall–Kier alpha value is -2.91. The number of benzene rings is 2. The zero-order valence-corrected chi connectivity index (χ0v) is 15.4. The molecule has 0 unspecified atom stereocenters. The van der Waals surface area contributed by atoms with E-state index in [0.29, 0.717) is 5.56 Å². The summed E-state index contributed by atoms with van der Waals surface area (Å²) in [5.74, 6) is 1.55. The average molecular weight is 359 g/mol. The standard InChI is InChI=1S/C20H17N5S/c1-20(2,16-6-4-3-5-7-16)18-22-23-19-25(18)24-17(13-26-19)15-10-8-14(12-21)9-11-15/h3-11H,13H2,1-2H3. The fraction of sp³-hybridized carbons (Fsp3) is 0.200. The average Bonchev–Trinajstić information content (AvgIpc) is 3.13. The monoisotopic (exact) mass is 359 g/mol. The van der Waals surface area contributed by atoms with E-state index < -0.39 is 0 Å². The summed E-state index contributed by atoms with van der Waals surface area (Å²) < 4.78 is 1.86. The Kier molecular flexibility index (Phi) is 4.09. The van der Waals surface area contributed by atoms with Gasteiger partial charge >= 0.3 is 0 Å². The summed E-state index contributed by atoms with van der Waals surface area (Å²) in [4.78, 5) is 0.